The van der Waals surface area contributed by atoms with Crippen molar-refractivity contribution in [2.75, 3.05) is 13.6 Å². The highest BCUT2D eigenvalue weighted by Gasteiger charge is 2.43. The first-order valence-electron chi connectivity index (χ1n) is 9.68. The smallest absolute Gasteiger partial charge is 0.225 e. The van der Waals surface area contributed by atoms with Crippen molar-refractivity contribution in [1.82, 2.24) is 10.2 Å². The lowest BCUT2D eigenvalue weighted by Crippen LogP contribution is -2.38. The number of aliphatic hydroxyl groups excluding tert-OH is 2. The molecule has 156 valence electrons. The lowest BCUT2D eigenvalue weighted by atomic mass is 10.0. The van der Waals surface area contributed by atoms with E-state index in [1.807, 2.05) is 54.6 Å². The van der Waals surface area contributed by atoms with Gasteiger partial charge in [0.05, 0.1) is 18.6 Å². The molecule has 6 nitrogen and oxygen atoms in total. The third kappa shape index (κ3) is 6.01. The van der Waals surface area contributed by atoms with Crippen LogP contribution in [-0.4, -0.2) is 59.0 Å². The molecule has 0 spiro atoms. The third-order valence-electron chi connectivity index (χ3n) is 5.09. The van der Waals surface area contributed by atoms with Crippen LogP contribution in [0.1, 0.15) is 17.5 Å². The number of benzene rings is 2. The quantitative estimate of drug-likeness (QED) is 0.610. The zero-order valence-electron chi connectivity index (χ0n) is 16.4. The number of aliphatic hydroxyl groups is 2. The summed E-state index contributed by atoms with van der Waals surface area (Å²) in [4.78, 5) is 14.1. The van der Waals surface area contributed by atoms with Crippen molar-refractivity contribution in [3.63, 3.8) is 0 Å². The number of carbonyl (C=O) groups is 1. The molecule has 0 radical (unpaired) electrons. The molecular weight excluding hydrogens is 392 g/mol. The molecular formula is C22H27ClN2O4. The maximum Gasteiger partial charge on any atom is 0.225 e. The Morgan fingerprint density at radius 1 is 1.07 bits per heavy atom. The van der Waals surface area contributed by atoms with Gasteiger partial charge in [0.2, 0.25) is 5.91 Å². The van der Waals surface area contributed by atoms with Crippen LogP contribution in [0.4, 0.5) is 0 Å². The van der Waals surface area contributed by atoms with E-state index < -0.39 is 24.4 Å². The van der Waals surface area contributed by atoms with E-state index in [1.165, 1.54) is 0 Å². The Hall–Kier alpha value is -1.96. The molecule has 1 amide bonds. The van der Waals surface area contributed by atoms with Crippen molar-refractivity contribution in [2.24, 2.45) is 0 Å². The molecule has 4 unspecified atom stereocenters. The van der Waals surface area contributed by atoms with Gasteiger partial charge in [-0.1, -0.05) is 54.1 Å². The van der Waals surface area contributed by atoms with E-state index in [0.717, 1.165) is 11.1 Å². The third-order valence-corrected chi connectivity index (χ3v) is 5.32. The summed E-state index contributed by atoms with van der Waals surface area (Å²) in [5.41, 5.74) is 2.04. The molecule has 3 rings (SSSR count). The van der Waals surface area contributed by atoms with E-state index in [1.54, 1.807) is 11.9 Å². The van der Waals surface area contributed by atoms with Gasteiger partial charge in [-0.15, -0.1) is 0 Å². The van der Waals surface area contributed by atoms with Gasteiger partial charge in [-0.2, -0.15) is 0 Å². The van der Waals surface area contributed by atoms with Crippen molar-refractivity contribution >= 4 is 17.5 Å². The molecule has 0 saturated carbocycles. The lowest BCUT2D eigenvalue weighted by molar-refractivity contribution is -0.134. The summed E-state index contributed by atoms with van der Waals surface area (Å²) in [5.74, 6) is -0.141. The summed E-state index contributed by atoms with van der Waals surface area (Å²) in [6.45, 7) is 1.40. The summed E-state index contributed by atoms with van der Waals surface area (Å²) in [6, 6.07) is 17.2. The van der Waals surface area contributed by atoms with E-state index in [9.17, 15) is 15.0 Å². The fourth-order valence-electron chi connectivity index (χ4n) is 3.44. The Morgan fingerprint density at radius 2 is 1.76 bits per heavy atom. The van der Waals surface area contributed by atoms with Crippen LogP contribution in [0, 0.1) is 0 Å². The number of nitrogens with zero attached hydrogens (tertiary/aromatic N) is 1. The first-order valence-corrected chi connectivity index (χ1v) is 10.1. The van der Waals surface area contributed by atoms with Crippen molar-refractivity contribution in [3.05, 3.63) is 70.7 Å². The number of ether oxygens (including phenoxy) is 1. The Balaban J connectivity index is 1.47. The van der Waals surface area contributed by atoms with Crippen LogP contribution in [0.25, 0.3) is 0 Å². The number of hydrogen-bond donors (Lipinski definition) is 3. The van der Waals surface area contributed by atoms with Crippen molar-refractivity contribution < 1.29 is 19.7 Å². The Labute approximate surface area is 176 Å². The minimum Gasteiger partial charge on any atom is -0.388 e. The second-order valence-electron chi connectivity index (χ2n) is 7.39. The fourth-order valence-corrected chi connectivity index (χ4v) is 3.66. The fraction of sp³-hybridized carbons (Fsp3) is 0.409. The summed E-state index contributed by atoms with van der Waals surface area (Å²) < 4.78 is 5.78. The van der Waals surface area contributed by atoms with Crippen molar-refractivity contribution in [1.29, 1.82) is 0 Å². The SMILES string of the molecule is CN(Cc1ccccc1)C(=O)CC1OC(CNCc2cccc(Cl)c2)C(O)C1O. The predicted molar refractivity (Wildman–Crippen MR) is 111 cm³/mol. The molecule has 1 heterocycles. The molecule has 0 aromatic heterocycles. The van der Waals surface area contributed by atoms with Crippen molar-refractivity contribution in [2.45, 2.75) is 43.9 Å². The average molecular weight is 419 g/mol. The maximum atomic E-state index is 12.5. The lowest BCUT2D eigenvalue weighted by Gasteiger charge is -2.21. The van der Waals surface area contributed by atoms with E-state index in [-0.39, 0.29) is 12.3 Å². The van der Waals surface area contributed by atoms with Crippen LogP contribution in [0.15, 0.2) is 54.6 Å². The second kappa shape index (κ2) is 10.2. The highest BCUT2D eigenvalue weighted by molar-refractivity contribution is 6.30. The number of carbonyl (C=O) groups excluding carboxylic acids is 1. The zero-order valence-corrected chi connectivity index (χ0v) is 17.1. The highest BCUT2D eigenvalue weighted by Crippen LogP contribution is 2.24. The summed E-state index contributed by atoms with van der Waals surface area (Å²) in [7, 11) is 1.72. The number of amides is 1. The molecule has 0 bridgehead atoms. The molecule has 1 fully saturated rings. The normalized spacial score (nSPS) is 23.9. The van der Waals surface area contributed by atoms with Crippen LogP contribution in [0.2, 0.25) is 5.02 Å². The van der Waals surface area contributed by atoms with E-state index in [0.29, 0.717) is 24.7 Å². The van der Waals surface area contributed by atoms with Crippen LogP contribution in [-0.2, 0) is 22.6 Å². The van der Waals surface area contributed by atoms with E-state index in [2.05, 4.69) is 5.32 Å². The monoisotopic (exact) mass is 418 g/mol. The number of hydrogen-bond acceptors (Lipinski definition) is 5. The van der Waals surface area contributed by atoms with Gasteiger partial charge in [-0.3, -0.25) is 4.79 Å². The van der Waals surface area contributed by atoms with Gasteiger partial charge in [-0.25, -0.2) is 0 Å². The van der Waals surface area contributed by atoms with Gasteiger partial charge in [0.25, 0.3) is 0 Å². The van der Waals surface area contributed by atoms with Crippen LogP contribution >= 0.6 is 11.6 Å². The Morgan fingerprint density at radius 3 is 2.48 bits per heavy atom. The minimum atomic E-state index is -1.10. The average Bonchev–Trinajstić information content (AvgIpc) is 2.97. The molecule has 2 aromatic rings. The molecule has 29 heavy (non-hydrogen) atoms. The first kappa shape index (κ1) is 21.7. The van der Waals surface area contributed by atoms with E-state index >= 15 is 0 Å². The summed E-state index contributed by atoms with van der Waals surface area (Å²) in [6.07, 6.45) is -3.43. The second-order valence-corrected chi connectivity index (χ2v) is 7.83. The molecule has 1 aliphatic rings. The molecule has 1 aliphatic heterocycles. The maximum absolute atomic E-state index is 12.5. The van der Waals surface area contributed by atoms with Gasteiger partial charge in [-0.05, 0) is 23.3 Å². The van der Waals surface area contributed by atoms with E-state index in [4.69, 9.17) is 16.3 Å². The molecule has 2 aromatic carbocycles. The zero-order chi connectivity index (χ0) is 20.8. The van der Waals surface area contributed by atoms with Crippen molar-refractivity contribution in [3.8, 4) is 0 Å². The summed E-state index contributed by atoms with van der Waals surface area (Å²) in [5, 5.41) is 24.5. The number of rotatable bonds is 8. The first-order chi connectivity index (χ1) is 13.9. The standard InChI is InChI=1S/C22H27ClN2O4/c1-25(14-15-6-3-2-4-7-15)20(26)11-18-21(27)22(28)19(29-18)13-24-12-16-8-5-9-17(23)10-16/h2-10,18-19,21-22,24,27-28H,11-14H2,1H3. The van der Waals surface area contributed by atoms with Gasteiger partial charge in [0, 0.05) is 31.7 Å². The van der Waals surface area contributed by atoms with Gasteiger partial charge in [0.1, 0.15) is 12.2 Å². The molecule has 0 aliphatic carbocycles. The van der Waals surface area contributed by atoms with Crippen LogP contribution in [0.3, 0.4) is 0 Å². The number of halogens is 1. The van der Waals surface area contributed by atoms with Gasteiger partial charge in [0.15, 0.2) is 0 Å². The summed E-state index contributed by atoms with van der Waals surface area (Å²) >= 11 is 5.98. The highest BCUT2D eigenvalue weighted by atomic mass is 35.5. The molecule has 4 atom stereocenters. The minimum absolute atomic E-state index is 0.0202. The molecule has 3 N–H and O–H groups in total. The Bertz CT molecular complexity index is 804. The van der Waals surface area contributed by atoms with Gasteiger partial charge < -0.3 is 25.2 Å². The topological polar surface area (TPSA) is 82.0 Å². The molecule has 1 saturated heterocycles. The predicted octanol–water partition coefficient (Wildman–Crippen LogP) is 1.97. The number of nitrogens with one attached hydrogen (secondary N) is 1. The molecule has 7 heteroatoms. The van der Waals surface area contributed by atoms with Gasteiger partial charge >= 0.3 is 0 Å². The van der Waals surface area contributed by atoms with Crippen LogP contribution in [0.5, 0.6) is 0 Å². The largest absolute Gasteiger partial charge is 0.388 e. The van der Waals surface area contributed by atoms with Crippen LogP contribution < -0.4 is 5.32 Å². The Kier molecular flexibility index (Phi) is 7.64.